The molecule has 0 spiro atoms. The van der Waals surface area contributed by atoms with Crippen molar-refractivity contribution in [1.82, 2.24) is 20.0 Å². The van der Waals surface area contributed by atoms with Crippen LogP contribution in [0.3, 0.4) is 0 Å². The molecular weight excluding hydrogens is 1320 g/mol. The predicted octanol–water partition coefficient (Wildman–Crippen LogP) is 23.2. The van der Waals surface area contributed by atoms with E-state index >= 15 is 0 Å². The zero-order valence-corrected chi connectivity index (χ0v) is 62.5. The number of alkyl halides is 1. The molecule has 0 aliphatic carbocycles. The highest BCUT2D eigenvalue weighted by Gasteiger charge is 2.36. The van der Waals surface area contributed by atoms with E-state index in [2.05, 4.69) is 328 Å². The minimum absolute atomic E-state index is 0.106. The second-order valence-electron chi connectivity index (χ2n) is 27.8. The molecule has 101 heavy (non-hydrogen) atoms. The fourth-order valence-electron chi connectivity index (χ4n) is 14.8. The van der Waals surface area contributed by atoms with Gasteiger partial charge in [-0.15, -0.1) is 18.2 Å². The topological polar surface area (TPSA) is 42.0 Å². The van der Waals surface area contributed by atoms with Crippen molar-refractivity contribution in [3.8, 4) is 0 Å². The van der Waals surface area contributed by atoms with E-state index in [4.69, 9.17) is 11.6 Å². The number of rotatable bonds is 12. The lowest BCUT2D eigenvalue weighted by atomic mass is 9.89. The molecule has 514 valence electrons. The van der Waals surface area contributed by atoms with Gasteiger partial charge in [0.15, 0.2) is 0 Å². The van der Waals surface area contributed by atoms with Gasteiger partial charge in [0, 0.05) is 61.4 Å². The lowest BCUT2D eigenvalue weighted by molar-refractivity contribution is 0.0310. The van der Waals surface area contributed by atoms with Crippen molar-refractivity contribution in [2.45, 2.75) is 110 Å². The Morgan fingerprint density at radius 1 is 0.406 bits per heavy atom. The lowest BCUT2D eigenvalue weighted by Crippen LogP contribution is -2.57. The van der Waals surface area contributed by atoms with Crippen LogP contribution < -0.4 is 5.32 Å². The highest BCUT2D eigenvalue weighted by molar-refractivity contribution is 9.10. The molecular formula is C94H98BrClN4O. The molecule has 5 nitrogen and oxygen atoms in total. The fourth-order valence-corrected chi connectivity index (χ4v) is 15.6. The second-order valence-corrected chi connectivity index (χ2v) is 29.1. The van der Waals surface area contributed by atoms with Crippen molar-refractivity contribution in [2.75, 3.05) is 32.7 Å². The zero-order chi connectivity index (χ0) is 70.9. The van der Waals surface area contributed by atoms with Crippen molar-refractivity contribution < 1.29 is 5.11 Å². The highest BCUT2D eigenvalue weighted by atomic mass is 79.9. The van der Waals surface area contributed by atoms with Gasteiger partial charge in [0.05, 0.1) is 17.5 Å². The van der Waals surface area contributed by atoms with Crippen LogP contribution in [0.2, 0.25) is 0 Å². The Morgan fingerprint density at radius 3 is 1.21 bits per heavy atom. The lowest BCUT2D eigenvalue weighted by Gasteiger charge is -2.47. The van der Waals surface area contributed by atoms with Gasteiger partial charge in [-0.3, -0.25) is 14.7 Å². The maximum atomic E-state index is 10.6. The Labute approximate surface area is 614 Å². The number of nitrogens with one attached hydrogen (secondary N) is 1. The van der Waals surface area contributed by atoms with Crippen LogP contribution in [0, 0.1) is 34.6 Å². The van der Waals surface area contributed by atoms with Gasteiger partial charge in [0.25, 0.3) is 0 Å². The van der Waals surface area contributed by atoms with Crippen molar-refractivity contribution in [2.24, 2.45) is 0 Å². The van der Waals surface area contributed by atoms with Crippen LogP contribution in [0.15, 0.2) is 308 Å². The number of piperazine rings is 2. The molecule has 15 rings (SSSR count). The van der Waals surface area contributed by atoms with Crippen molar-refractivity contribution >= 4 is 70.6 Å². The van der Waals surface area contributed by atoms with Gasteiger partial charge < -0.3 is 10.4 Å². The zero-order valence-electron chi connectivity index (χ0n) is 60.2. The first-order chi connectivity index (χ1) is 49.0. The molecule has 2 heterocycles. The fraction of sp³-hybridized carbons (Fsp3) is 0.234. The smallest absolute Gasteiger partial charge is 0.105 e. The van der Waals surface area contributed by atoms with Crippen LogP contribution >= 0.6 is 27.5 Å². The van der Waals surface area contributed by atoms with E-state index in [1.807, 2.05) is 73.7 Å². The van der Waals surface area contributed by atoms with Crippen molar-refractivity contribution in [1.29, 1.82) is 0 Å². The molecule has 13 aromatic rings. The molecule has 0 bridgehead atoms. The van der Waals surface area contributed by atoms with E-state index in [0.717, 1.165) is 70.2 Å². The summed E-state index contributed by atoms with van der Waals surface area (Å²) in [5.41, 5.74) is 16.2. The summed E-state index contributed by atoms with van der Waals surface area (Å²) in [5.74, 6) is 0. The number of aliphatic hydroxyl groups excluding tert-OH is 1. The SMILES string of the molecule is C=CCN1C[C@H](C)N(C(c2cccc(C)c2)c2cccc3ccccc23)C[C@H]1C.Cc1cccc(Br)c1.Cc1cccc(C(Cl)c2cccc3ccccc23)c1.Cc1cccc(C(O)c2cccc3ccccc23)c1.Cc1cccc(C(c2cccc3ccccc23)N2C[C@@H](C)NC[C@@H]2C)c1. The molecule has 7 heteroatoms. The summed E-state index contributed by atoms with van der Waals surface area (Å²) in [5, 5.41) is 24.2. The standard InChI is InChI=1S/C27H32N2.C24H28N2.C18H15Cl.C18H16O.C7H7Br/c1-5-16-28-18-22(4)29(19-21(28)3)27(24-13-8-10-20(2)17-24)26-15-9-12-23-11-6-7-14-25(23)26;1-17-8-6-11-21(14-17)24(26-16-18(2)25-15-19(26)3)23-13-7-10-20-9-4-5-12-22(20)23;2*1-13-6-4-9-15(12-13)18(19)17-11-5-8-14-7-2-3-10-16(14)17;1-6-3-2-4-7(8)5-6/h5-15,17,21-22,27H,1,16,18-19H2,2-4H3;4-14,18-19,24-25H,15-16H2,1-3H3;2-12,18H,1H3;2-12,18-19H,1H3;2-5H,1H3/t21-,22+,27?;18-,19+,24?;;;/m11.../s1. The molecule has 0 amide bonds. The molecule has 0 radical (unpaired) electrons. The number of hydrogen-bond donors (Lipinski definition) is 2. The monoisotopic (exact) mass is 1410 g/mol. The van der Waals surface area contributed by atoms with Gasteiger partial charge >= 0.3 is 0 Å². The molecule has 0 saturated carbocycles. The minimum atomic E-state index is -0.578. The van der Waals surface area contributed by atoms with Crippen LogP contribution in [0.5, 0.6) is 0 Å². The van der Waals surface area contributed by atoms with E-state index in [-0.39, 0.29) is 17.5 Å². The number of aliphatic hydroxyl groups is 1. The Bertz CT molecular complexity index is 4710. The molecule has 4 unspecified atom stereocenters. The second kappa shape index (κ2) is 35.2. The number of nitrogens with zero attached hydrogens (tertiary/aromatic N) is 3. The minimum Gasteiger partial charge on any atom is -0.384 e. The maximum Gasteiger partial charge on any atom is 0.105 e. The predicted molar refractivity (Wildman–Crippen MR) is 436 cm³/mol. The van der Waals surface area contributed by atoms with E-state index in [9.17, 15) is 5.11 Å². The summed E-state index contributed by atoms with van der Waals surface area (Å²) in [6.07, 6.45) is 1.45. The summed E-state index contributed by atoms with van der Waals surface area (Å²) >= 11 is 10.0. The van der Waals surface area contributed by atoms with Crippen LogP contribution in [0.4, 0.5) is 0 Å². The first kappa shape index (κ1) is 73.4. The third-order valence-corrected chi connectivity index (χ3v) is 20.8. The van der Waals surface area contributed by atoms with Crippen molar-refractivity contribution in [3.63, 3.8) is 0 Å². The Balaban J connectivity index is 0.000000132. The number of hydrogen-bond acceptors (Lipinski definition) is 5. The Morgan fingerprint density at radius 2 is 0.762 bits per heavy atom. The van der Waals surface area contributed by atoms with Gasteiger partial charge in [-0.1, -0.05) is 329 Å². The third kappa shape index (κ3) is 18.7. The third-order valence-electron chi connectivity index (χ3n) is 19.8. The quantitative estimate of drug-likeness (QED) is 0.0943. The molecule has 2 aliphatic rings. The van der Waals surface area contributed by atoms with Gasteiger partial charge in [0.1, 0.15) is 6.10 Å². The first-order valence-electron chi connectivity index (χ1n) is 35.8. The van der Waals surface area contributed by atoms with E-state index in [0.29, 0.717) is 24.2 Å². The van der Waals surface area contributed by atoms with E-state index < -0.39 is 6.10 Å². The van der Waals surface area contributed by atoms with Crippen LogP contribution in [0.1, 0.15) is 124 Å². The van der Waals surface area contributed by atoms with Gasteiger partial charge in [0.2, 0.25) is 0 Å². The number of halogens is 2. The number of fused-ring (bicyclic) bond motifs is 4. The average Bonchev–Trinajstić information content (AvgIpc) is 0.795. The highest BCUT2D eigenvalue weighted by Crippen LogP contribution is 2.40. The molecule has 2 saturated heterocycles. The van der Waals surface area contributed by atoms with Crippen LogP contribution in [-0.2, 0) is 0 Å². The maximum absolute atomic E-state index is 10.6. The number of benzene rings is 13. The molecule has 8 atom stereocenters. The Kier molecular flexibility index (Phi) is 25.6. The summed E-state index contributed by atoms with van der Waals surface area (Å²) in [4.78, 5) is 7.93. The van der Waals surface area contributed by atoms with Crippen molar-refractivity contribution in [3.05, 3.63) is 381 Å². The van der Waals surface area contributed by atoms with Gasteiger partial charge in [-0.2, -0.15) is 0 Å². The summed E-state index contributed by atoms with van der Waals surface area (Å²) in [6.45, 7) is 29.1. The molecule has 2 aliphatic heterocycles. The molecule has 2 N–H and O–H groups in total. The van der Waals surface area contributed by atoms with E-state index in [1.54, 1.807) is 0 Å². The molecule has 2 fully saturated rings. The van der Waals surface area contributed by atoms with Gasteiger partial charge in [-0.25, -0.2) is 0 Å². The molecule has 13 aromatic carbocycles. The van der Waals surface area contributed by atoms with Crippen LogP contribution in [-0.4, -0.2) is 76.7 Å². The normalized spacial score (nSPS) is 17.5. The summed E-state index contributed by atoms with van der Waals surface area (Å²) < 4.78 is 1.15. The number of aryl methyl sites for hydroxylation is 5. The summed E-state index contributed by atoms with van der Waals surface area (Å²) in [6, 6.07) is 105. The van der Waals surface area contributed by atoms with Crippen LogP contribution in [0.25, 0.3) is 43.1 Å². The molecule has 0 aromatic heterocycles. The summed E-state index contributed by atoms with van der Waals surface area (Å²) in [7, 11) is 0. The first-order valence-corrected chi connectivity index (χ1v) is 37.1. The average molecular weight is 1420 g/mol. The van der Waals surface area contributed by atoms with E-state index in [1.165, 1.54) is 82.4 Å². The Hall–Kier alpha value is -8.79. The van der Waals surface area contributed by atoms with Gasteiger partial charge in [-0.05, 0) is 162 Å². The largest absolute Gasteiger partial charge is 0.384 e.